The normalized spacial score (nSPS) is 16.3. The zero-order valence-electron chi connectivity index (χ0n) is 16.0. The predicted molar refractivity (Wildman–Crippen MR) is 101 cm³/mol. The number of hydrogen-bond acceptors (Lipinski definition) is 5. The fraction of sp³-hybridized carbons (Fsp3) is 0.524. The number of cyclic esters (lactones) is 1. The van der Waals surface area contributed by atoms with Crippen molar-refractivity contribution >= 4 is 17.6 Å². The number of carbonyl (C=O) groups excluding carboxylic acids is 2. The van der Waals surface area contributed by atoms with Crippen LogP contribution in [0, 0.1) is 6.92 Å². The molecule has 0 spiro atoms. The van der Waals surface area contributed by atoms with Crippen molar-refractivity contribution in [2.45, 2.75) is 58.5 Å². The van der Waals surface area contributed by atoms with Gasteiger partial charge in [-0.05, 0) is 62.1 Å². The number of carbonyl (C=O) groups is 2. The van der Waals surface area contributed by atoms with Crippen LogP contribution < -0.4 is 5.32 Å². The van der Waals surface area contributed by atoms with Gasteiger partial charge in [-0.3, -0.25) is 4.79 Å². The van der Waals surface area contributed by atoms with Crippen LogP contribution in [0.25, 0.3) is 0 Å². The quantitative estimate of drug-likeness (QED) is 0.590. The van der Waals surface area contributed by atoms with E-state index in [0.717, 1.165) is 23.2 Å². The highest BCUT2D eigenvalue weighted by molar-refractivity contribution is 6.01. The Bertz CT molecular complexity index is 775. The summed E-state index contributed by atoms with van der Waals surface area (Å²) in [5.74, 6) is 0.160. The lowest BCUT2D eigenvalue weighted by Gasteiger charge is -2.20. The molecular formula is C21H27NO4. The summed E-state index contributed by atoms with van der Waals surface area (Å²) >= 11 is 0. The van der Waals surface area contributed by atoms with E-state index in [1.54, 1.807) is 0 Å². The van der Waals surface area contributed by atoms with E-state index >= 15 is 0 Å². The molecular weight excluding hydrogens is 330 g/mol. The molecule has 1 aliphatic heterocycles. The Labute approximate surface area is 154 Å². The topological polar surface area (TPSA) is 64.6 Å². The van der Waals surface area contributed by atoms with Gasteiger partial charge in [0.15, 0.2) is 0 Å². The third kappa shape index (κ3) is 3.48. The first-order valence-corrected chi connectivity index (χ1v) is 9.23. The molecule has 0 aromatic heterocycles. The monoisotopic (exact) mass is 357 g/mol. The zero-order chi connectivity index (χ0) is 18.8. The van der Waals surface area contributed by atoms with Crippen LogP contribution in [0.2, 0.25) is 0 Å². The molecule has 0 unspecified atom stereocenters. The lowest BCUT2D eigenvalue weighted by atomic mass is 9.87. The Morgan fingerprint density at radius 3 is 2.69 bits per heavy atom. The van der Waals surface area contributed by atoms with Crippen LogP contribution in [0.5, 0.6) is 0 Å². The van der Waals surface area contributed by atoms with Crippen molar-refractivity contribution in [1.29, 1.82) is 0 Å². The van der Waals surface area contributed by atoms with Crippen LogP contribution >= 0.6 is 0 Å². The third-order valence-electron chi connectivity index (χ3n) is 5.43. The summed E-state index contributed by atoms with van der Waals surface area (Å²) in [6, 6.07) is 0. The number of benzene rings is 1. The van der Waals surface area contributed by atoms with Crippen molar-refractivity contribution in [2.75, 3.05) is 19.5 Å². The zero-order valence-corrected chi connectivity index (χ0v) is 16.0. The summed E-state index contributed by atoms with van der Waals surface area (Å²) in [5, 5.41) is 3.26. The van der Waals surface area contributed by atoms with E-state index in [9.17, 15) is 9.59 Å². The standard InChI is InChI=1S/C21H27NO4/c1-12(6-10-17(23)25-4)5-9-15-18(14-7-8-14)13(2)16-11-26-21(24)19(16)20(15)22-3/h5,14,22H,6-11H2,1-4H3. The van der Waals surface area contributed by atoms with Gasteiger partial charge in [0.05, 0.1) is 18.4 Å². The number of anilines is 1. The number of rotatable bonds is 7. The highest BCUT2D eigenvalue weighted by atomic mass is 16.5. The van der Waals surface area contributed by atoms with E-state index in [1.165, 1.54) is 36.6 Å². The third-order valence-corrected chi connectivity index (χ3v) is 5.43. The van der Waals surface area contributed by atoms with Gasteiger partial charge in [0.2, 0.25) is 0 Å². The van der Waals surface area contributed by atoms with Crippen LogP contribution in [0.1, 0.15) is 71.1 Å². The Kier molecular flexibility index (Phi) is 5.35. The maximum Gasteiger partial charge on any atom is 0.341 e. The number of nitrogens with one attached hydrogen (secondary N) is 1. The summed E-state index contributed by atoms with van der Waals surface area (Å²) in [6.45, 7) is 4.53. The molecule has 1 N–H and O–H groups in total. The van der Waals surface area contributed by atoms with Gasteiger partial charge >= 0.3 is 11.9 Å². The molecule has 3 rings (SSSR count). The number of fused-ring (bicyclic) bond motifs is 1. The summed E-state index contributed by atoms with van der Waals surface area (Å²) in [5.41, 5.74) is 7.59. The maximum absolute atomic E-state index is 12.3. The molecule has 2 aliphatic rings. The largest absolute Gasteiger partial charge is 0.469 e. The molecule has 1 aliphatic carbocycles. The van der Waals surface area contributed by atoms with Crippen molar-refractivity contribution < 1.29 is 19.1 Å². The lowest BCUT2D eigenvalue weighted by Crippen LogP contribution is -2.10. The fourth-order valence-electron chi connectivity index (χ4n) is 3.82. The summed E-state index contributed by atoms with van der Waals surface area (Å²) in [4.78, 5) is 23.6. The minimum absolute atomic E-state index is 0.191. The van der Waals surface area contributed by atoms with Crippen LogP contribution in [0.4, 0.5) is 5.69 Å². The number of hydrogen-bond donors (Lipinski definition) is 1. The first kappa shape index (κ1) is 18.5. The molecule has 1 fully saturated rings. The molecule has 1 aromatic rings. The van der Waals surface area contributed by atoms with Gasteiger partial charge in [0, 0.05) is 19.0 Å². The molecule has 1 heterocycles. The van der Waals surface area contributed by atoms with E-state index in [0.29, 0.717) is 30.9 Å². The second kappa shape index (κ2) is 7.52. The van der Waals surface area contributed by atoms with Gasteiger partial charge in [0.25, 0.3) is 0 Å². The van der Waals surface area contributed by atoms with Crippen molar-refractivity contribution in [3.8, 4) is 0 Å². The SMILES string of the molecule is CNc1c(CC=C(C)CCC(=O)OC)c(C2CC2)c(C)c2c1C(=O)OC2. The molecule has 0 radical (unpaired) electrons. The average molecular weight is 357 g/mol. The summed E-state index contributed by atoms with van der Waals surface area (Å²) in [6.07, 6.45) is 6.40. The highest BCUT2D eigenvalue weighted by Gasteiger charge is 2.35. The van der Waals surface area contributed by atoms with Gasteiger partial charge in [-0.25, -0.2) is 4.79 Å². The number of ether oxygens (including phenoxy) is 2. The molecule has 140 valence electrons. The molecule has 0 bridgehead atoms. The van der Waals surface area contributed by atoms with Gasteiger partial charge < -0.3 is 14.8 Å². The number of esters is 2. The minimum Gasteiger partial charge on any atom is -0.469 e. The van der Waals surface area contributed by atoms with E-state index in [1.807, 2.05) is 14.0 Å². The Morgan fingerprint density at radius 2 is 2.08 bits per heavy atom. The van der Waals surface area contributed by atoms with Crippen molar-refractivity contribution in [2.24, 2.45) is 0 Å². The summed E-state index contributed by atoms with van der Waals surface area (Å²) in [7, 11) is 3.28. The van der Waals surface area contributed by atoms with E-state index in [-0.39, 0.29) is 11.9 Å². The van der Waals surface area contributed by atoms with Crippen molar-refractivity contribution in [1.82, 2.24) is 0 Å². The lowest BCUT2D eigenvalue weighted by molar-refractivity contribution is -0.140. The maximum atomic E-state index is 12.3. The van der Waals surface area contributed by atoms with Crippen molar-refractivity contribution in [3.63, 3.8) is 0 Å². The molecule has 0 saturated heterocycles. The smallest absolute Gasteiger partial charge is 0.341 e. The van der Waals surface area contributed by atoms with Crippen molar-refractivity contribution in [3.05, 3.63) is 39.5 Å². The van der Waals surface area contributed by atoms with Crippen LogP contribution in [0.3, 0.4) is 0 Å². The highest BCUT2D eigenvalue weighted by Crippen LogP contribution is 2.48. The van der Waals surface area contributed by atoms with Crippen LogP contribution in [-0.4, -0.2) is 26.1 Å². The molecule has 1 aromatic carbocycles. The second-order valence-electron chi connectivity index (χ2n) is 7.18. The Hall–Kier alpha value is -2.30. The molecule has 0 atom stereocenters. The second-order valence-corrected chi connectivity index (χ2v) is 7.18. The van der Waals surface area contributed by atoms with Crippen LogP contribution in [-0.2, 0) is 27.3 Å². The molecule has 26 heavy (non-hydrogen) atoms. The summed E-state index contributed by atoms with van der Waals surface area (Å²) < 4.78 is 10.0. The minimum atomic E-state index is -0.234. The number of methoxy groups -OCH3 is 1. The molecule has 1 saturated carbocycles. The molecule has 5 heteroatoms. The first-order chi connectivity index (χ1) is 12.5. The van der Waals surface area contributed by atoms with Gasteiger partial charge in [-0.2, -0.15) is 0 Å². The molecule has 0 amide bonds. The Balaban J connectivity index is 1.95. The fourth-order valence-corrected chi connectivity index (χ4v) is 3.82. The van der Waals surface area contributed by atoms with Gasteiger partial charge in [0.1, 0.15) is 6.61 Å². The van der Waals surface area contributed by atoms with Crippen LogP contribution in [0.15, 0.2) is 11.6 Å². The van der Waals surface area contributed by atoms with Gasteiger partial charge in [-0.1, -0.05) is 11.6 Å². The predicted octanol–water partition coefficient (Wildman–Crippen LogP) is 4.03. The van der Waals surface area contributed by atoms with E-state index < -0.39 is 0 Å². The molecule has 5 nitrogen and oxygen atoms in total. The van der Waals surface area contributed by atoms with E-state index in [4.69, 9.17) is 9.47 Å². The van der Waals surface area contributed by atoms with E-state index in [2.05, 4.69) is 18.3 Å². The first-order valence-electron chi connectivity index (χ1n) is 9.23. The average Bonchev–Trinajstić information content (AvgIpc) is 3.40. The van der Waals surface area contributed by atoms with Gasteiger partial charge in [-0.15, -0.1) is 0 Å². The number of allylic oxidation sites excluding steroid dienone is 2. The Morgan fingerprint density at radius 1 is 1.35 bits per heavy atom.